The average molecular weight is 524 g/mol. The molecular formula is C27H36Cl2N2O4. The van der Waals surface area contributed by atoms with E-state index in [2.05, 4.69) is 5.32 Å². The molecule has 0 bridgehead atoms. The first kappa shape index (κ1) is 28.8. The van der Waals surface area contributed by atoms with Crippen LogP contribution in [0.15, 0.2) is 36.4 Å². The summed E-state index contributed by atoms with van der Waals surface area (Å²) in [4.78, 5) is 27.9. The van der Waals surface area contributed by atoms with Gasteiger partial charge in [-0.1, -0.05) is 35.3 Å². The van der Waals surface area contributed by atoms with Crippen LogP contribution >= 0.6 is 23.2 Å². The number of carbonyl (C=O) groups is 2. The van der Waals surface area contributed by atoms with Crippen molar-refractivity contribution in [2.45, 2.75) is 72.5 Å². The van der Waals surface area contributed by atoms with E-state index in [4.69, 9.17) is 32.7 Å². The lowest BCUT2D eigenvalue weighted by Gasteiger charge is -2.31. The van der Waals surface area contributed by atoms with Gasteiger partial charge in [0.25, 0.3) is 0 Å². The van der Waals surface area contributed by atoms with Crippen molar-refractivity contribution in [3.63, 3.8) is 0 Å². The van der Waals surface area contributed by atoms with Crippen molar-refractivity contribution in [1.29, 1.82) is 0 Å². The molecule has 0 saturated heterocycles. The number of carbonyl (C=O) groups excluding carboxylic acids is 2. The Hall–Kier alpha value is -2.44. The average Bonchev–Trinajstić information content (AvgIpc) is 2.78. The highest BCUT2D eigenvalue weighted by molar-refractivity contribution is 6.42. The zero-order valence-electron chi connectivity index (χ0n) is 21.4. The number of aryl methyl sites for hydroxylation is 1. The van der Waals surface area contributed by atoms with Crippen molar-refractivity contribution in [2.75, 3.05) is 13.2 Å². The van der Waals surface area contributed by atoms with E-state index in [9.17, 15) is 9.59 Å². The van der Waals surface area contributed by atoms with Crippen LogP contribution in [0.25, 0.3) is 0 Å². The van der Waals surface area contributed by atoms with Gasteiger partial charge in [0.2, 0.25) is 11.8 Å². The first-order valence-corrected chi connectivity index (χ1v) is 12.6. The number of hydrogen-bond donors (Lipinski definition) is 1. The van der Waals surface area contributed by atoms with Crippen LogP contribution < -0.4 is 14.8 Å². The first-order chi connectivity index (χ1) is 16.4. The molecule has 6 nitrogen and oxygen atoms in total. The molecule has 2 amide bonds. The molecule has 0 fully saturated rings. The van der Waals surface area contributed by atoms with Gasteiger partial charge in [0, 0.05) is 18.5 Å². The van der Waals surface area contributed by atoms with E-state index in [1.165, 1.54) is 0 Å². The Labute approximate surface area is 218 Å². The van der Waals surface area contributed by atoms with Crippen LogP contribution in [0.2, 0.25) is 10.0 Å². The Morgan fingerprint density at radius 2 is 1.57 bits per heavy atom. The minimum atomic E-state index is -0.671. The summed E-state index contributed by atoms with van der Waals surface area (Å²) in [6, 6.07) is 10.2. The lowest BCUT2D eigenvalue weighted by molar-refractivity contribution is -0.141. The molecule has 0 unspecified atom stereocenters. The third-order valence-electron chi connectivity index (χ3n) is 5.24. The zero-order chi connectivity index (χ0) is 26.2. The number of hydrogen-bond acceptors (Lipinski definition) is 4. The zero-order valence-corrected chi connectivity index (χ0v) is 22.9. The number of ether oxygens (including phenoxy) is 2. The van der Waals surface area contributed by atoms with E-state index in [1.807, 2.05) is 58.9 Å². The fourth-order valence-electron chi connectivity index (χ4n) is 3.54. The number of halogens is 2. The van der Waals surface area contributed by atoms with E-state index in [1.54, 1.807) is 24.0 Å². The smallest absolute Gasteiger partial charge is 0.242 e. The Morgan fingerprint density at radius 1 is 0.943 bits per heavy atom. The molecule has 1 atom stereocenters. The highest BCUT2D eigenvalue weighted by atomic mass is 35.5. The highest BCUT2D eigenvalue weighted by Crippen LogP contribution is 2.29. The van der Waals surface area contributed by atoms with Gasteiger partial charge in [0.1, 0.15) is 6.04 Å². The summed E-state index contributed by atoms with van der Waals surface area (Å²) in [5.74, 6) is 0.980. The van der Waals surface area contributed by atoms with E-state index in [0.717, 1.165) is 11.1 Å². The van der Waals surface area contributed by atoms with E-state index in [0.29, 0.717) is 41.2 Å². The van der Waals surface area contributed by atoms with Crippen molar-refractivity contribution >= 4 is 35.0 Å². The molecule has 2 rings (SSSR count). The van der Waals surface area contributed by atoms with Gasteiger partial charge in [0.05, 0.1) is 23.3 Å². The van der Waals surface area contributed by atoms with Crippen LogP contribution in [0, 0.1) is 0 Å². The number of nitrogens with one attached hydrogen (secondary N) is 1. The summed E-state index contributed by atoms with van der Waals surface area (Å²) < 4.78 is 11.3. The summed E-state index contributed by atoms with van der Waals surface area (Å²) in [6.45, 7) is 12.6. The second kappa shape index (κ2) is 13.0. The molecule has 2 aromatic rings. The number of rotatable bonds is 11. The highest BCUT2D eigenvalue weighted by Gasteiger charge is 2.28. The second-order valence-corrected chi connectivity index (χ2v) is 10.1. The Morgan fingerprint density at radius 3 is 2.17 bits per heavy atom. The normalized spacial score (nSPS) is 12.1. The van der Waals surface area contributed by atoms with Gasteiger partial charge in [-0.3, -0.25) is 9.59 Å². The molecule has 0 aromatic heterocycles. The van der Waals surface area contributed by atoms with Gasteiger partial charge in [-0.25, -0.2) is 0 Å². The topological polar surface area (TPSA) is 67.9 Å². The molecular weight excluding hydrogens is 487 g/mol. The van der Waals surface area contributed by atoms with Crippen molar-refractivity contribution in [1.82, 2.24) is 10.2 Å². The summed E-state index contributed by atoms with van der Waals surface area (Å²) in [6.07, 6.45) is 0.727. The van der Waals surface area contributed by atoms with Gasteiger partial charge in [0.15, 0.2) is 11.5 Å². The Balaban J connectivity index is 2.23. The minimum Gasteiger partial charge on any atom is -0.490 e. The Bertz CT molecular complexity index is 1020. The predicted molar refractivity (Wildman–Crippen MR) is 141 cm³/mol. The third kappa shape index (κ3) is 8.93. The van der Waals surface area contributed by atoms with Gasteiger partial charge >= 0.3 is 0 Å². The summed E-state index contributed by atoms with van der Waals surface area (Å²) in [5, 5.41) is 3.80. The van der Waals surface area contributed by atoms with Gasteiger partial charge in [-0.15, -0.1) is 0 Å². The van der Waals surface area contributed by atoms with Gasteiger partial charge < -0.3 is 19.7 Å². The van der Waals surface area contributed by atoms with Crippen LogP contribution in [0.1, 0.15) is 59.1 Å². The van der Waals surface area contributed by atoms with E-state index < -0.39 is 11.6 Å². The van der Waals surface area contributed by atoms with Crippen LogP contribution in [0.5, 0.6) is 11.5 Å². The molecule has 35 heavy (non-hydrogen) atoms. The quantitative estimate of drug-likeness (QED) is 0.389. The molecule has 0 aliphatic carbocycles. The van der Waals surface area contributed by atoms with Crippen LogP contribution in [0.3, 0.4) is 0 Å². The molecule has 0 saturated carbocycles. The largest absolute Gasteiger partial charge is 0.490 e. The number of nitrogens with zero attached hydrogens (tertiary/aromatic N) is 1. The fraction of sp³-hybridized carbons (Fsp3) is 0.481. The lowest BCUT2D eigenvalue weighted by atomic mass is 10.1. The molecule has 0 spiro atoms. The predicted octanol–water partition coefficient (Wildman–Crippen LogP) is 6.06. The van der Waals surface area contributed by atoms with Crippen LogP contribution in [0.4, 0.5) is 0 Å². The van der Waals surface area contributed by atoms with Crippen molar-refractivity contribution in [3.8, 4) is 11.5 Å². The van der Waals surface area contributed by atoms with Crippen LogP contribution in [-0.4, -0.2) is 41.5 Å². The molecule has 0 aliphatic rings. The molecule has 0 aliphatic heterocycles. The molecule has 0 heterocycles. The third-order valence-corrected chi connectivity index (χ3v) is 5.98. The van der Waals surface area contributed by atoms with Gasteiger partial charge in [-0.2, -0.15) is 0 Å². The molecule has 8 heteroatoms. The number of amides is 2. The summed E-state index contributed by atoms with van der Waals surface area (Å²) >= 11 is 12.2. The monoisotopic (exact) mass is 522 g/mol. The second-order valence-electron chi connectivity index (χ2n) is 9.33. The lowest BCUT2D eigenvalue weighted by Crippen LogP contribution is -2.52. The summed E-state index contributed by atoms with van der Waals surface area (Å²) in [5.41, 5.74) is 1.33. The molecule has 0 radical (unpaired) electrons. The maximum Gasteiger partial charge on any atom is 0.242 e. The first-order valence-electron chi connectivity index (χ1n) is 11.9. The molecule has 1 N–H and O–H groups in total. The van der Waals surface area contributed by atoms with Crippen LogP contribution in [-0.2, 0) is 22.6 Å². The Kier molecular flexibility index (Phi) is 10.7. The van der Waals surface area contributed by atoms with E-state index in [-0.39, 0.29) is 24.8 Å². The van der Waals surface area contributed by atoms with Gasteiger partial charge in [-0.05, 0) is 83.4 Å². The maximum absolute atomic E-state index is 13.4. The maximum atomic E-state index is 13.4. The standard InChI is InChI=1S/C27H36Cl2N2O4/c1-7-34-23-13-10-19(16-24(23)35-8-2)11-14-25(32)31(18(3)26(33)30-27(4,5)6)17-20-9-12-21(28)22(29)15-20/h9-10,12-13,15-16,18H,7-8,11,14,17H2,1-6H3,(H,30,33)/t18-/m0/s1. The number of benzene rings is 2. The van der Waals surface area contributed by atoms with Crippen molar-refractivity contribution in [2.24, 2.45) is 0 Å². The van der Waals surface area contributed by atoms with E-state index >= 15 is 0 Å². The molecule has 2 aromatic carbocycles. The fourth-order valence-corrected chi connectivity index (χ4v) is 3.86. The van der Waals surface area contributed by atoms with Crippen molar-refractivity contribution < 1.29 is 19.1 Å². The van der Waals surface area contributed by atoms with Crippen molar-refractivity contribution in [3.05, 3.63) is 57.6 Å². The minimum absolute atomic E-state index is 0.139. The summed E-state index contributed by atoms with van der Waals surface area (Å²) in [7, 11) is 0. The SMILES string of the molecule is CCOc1ccc(CCC(=O)N(Cc2ccc(Cl)c(Cl)c2)[C@@H](C)C(=O)NC(C)(C)C)cc1OCC. The molecule has 192 valence electrons.